The summed E-state index contributed by atoms with van der Waals surface area (Å²) in [6, 6.07) is 3.89. The summed E-state index contributed by atoms with van der Waals surface area (Å²) in [4.78, 5) is 0. The molecular formula is C16H21Cl2NO2. The van der Waals surface area contributed by atoms with Crippen LogP contribution in [0.5, 0.6) is 5.75 Å². The second-order valence-electron chi connectivity index (χ2n) is 6.09. The van der Waals surface area contributed by atoms with E-state index in [0.29, 0.717) is 22.6 Å². The lowest BCUT2D eigenvalue weighted by Crippen LogP contribution is -2.33. The average Bonchev–Trinajstić information content (AvgIpc) is 2.45. The molecule has 1 fully saturated rings. The lowest BCUT2D eigenvalue weighted by molar-refractivity contribution is 0.0987. The number of aliphatic hydroxyl groups excluding tert-OH is 1. The highest BCUT2D eigenvalue weighted by Crippen LogP contribution is 2.40. The molecular weight excluding hydrogens is 309 g/mol. The molecule has 2 aliphatic rings. The van der Waals surface area contributed by atoms with Crippen molar-refractivity contribution in [1.29, 1.82) is 0 Å². The van der Waals surface area contributed by atoms with Gasteiger partial charge in [-0.1, -0.05) is 29.6 Å². The Morgan fingerprint density at radius 2 is 2.10 bits per heavy atom. The zero-order valence-electron chi connectivity index (χ0n) is 11.9. The summed E-state index contributed by atoms with van der Waals surface area (Å²) < 4.78 is 5.68. The van der Waals surface area contributed by atoms with Gasteiger partial charge in [-0.15, -0.1) is 0 Å². The molecule has 0 saturated heterocycles. The molecule has 1 aliphatic carbocycles. The van der Waals surface area contributed by atoms with E-state index in [4.69, 9.17) is 27.9 Å². The van der Waals surface area contributed by atoms with Gasteiger partial charge in [0, 0.05) is 23.0 Å². The van der Waals surface area contributed by atoms with Gasteiger partial charge < -0.3 is 15.2 Å². The van der Waals surface area contributed by atoms with Crippen molar-refractivity contribution in [3.8, 4) is 5.75 Å². The molecule has 1 aliphatic heterocycles. The van der Waals surface area contributed by atoms with Crippen LogP contribution in [0.25, 0.3) is 0 Å². The van der Waals surface area contributed by atoms with E-state index in [9.17, 15) is 5.11 Å². The third kappa shape index (κ3) is 3.65. The van der Waals surface area contributed by atoms with E-state index in [0.717, 1.165) is 43.5 Å². The summed E-state index contributed by atoms with van der Waals surface area (Å²) in [5.74, 6) is 1.31. The summed E-state index contributed by atoms with van der Waals surface area (Å²) in [5, 5.41) is 14.6. The van der Waals surface area contributed by atoms with E-state index in [1.165, 1.54) is 6.42 Å². The fraction of sp³-hybridized carbons (Fsp3) is 0.625. The molecule has 0 radical (unpaired) electrons. The topological polar surface area (TPSA) is 41.5 Å². The Balaban J connectivity index is 1.67. The number of nitrogens with one attached hydrogen (secondary N) is 1. The van der Waals surface area contributed by atoms with Crippen LogP contribution in [0.2, 0.25) is 10.0 Å². The third-order valence-electron chi connectivity index (χ3n) is 4.47. The van der Waals surface area contributed by atoms with E-state index in [1.54, 1.807) is 6.07 Å². The van der Waals surface area contributed by atoms with Gasteiger partial charge in [-0.05, 0) is 43.9 Å². The summed E-state index contributed by atoms with van der Waals surface area (Å²) in [6.45, 7) is 1.59. The standard InChI is InChI=1S/C16H21Cl2NO2/c17-11-7-13-15(4-5-21-16(13)14(18)8-11)19-9-10-2-1-3-12(20)6-10/h7-8,10,12,15,19-20H,1-6,9H2. The van der Waals surface area contributed by atoms with Crippen LogP contribution in [0.15, 0.2) is 12.1 Å². The molecule has 21 heavy (non-hydrogen) atoms. The molecule has 3 atom stereocenters. The van der Waals surface area contributed by atoms with Crippen LogP contribution in [-0.2, 0) is 0 Å². The summed E-state index contributed by atoms with van der Waals surface area (Å²) >= 11 is 12.3. The van der Waals surface area contributed by atoms with Crippen LogP contribution in [0, 0.1) is 5.92 Å². The second-order valence-corrected chi connectivity index (χ2v) is 6.93. The van der Waals surface area contributed by atoms with E-state index < -0.39 is 0 Å². The first-order valence-corrected chi connectivity index (χ1v) is 8.42. The van der Waals surface area contributed by atoms with Crippen molar-refractivity contribution in [3.63, 3.8) is 0 Å². The second kappa shape index (κ2) is 6.74. The van der Waals surface area contributed by atoms with Crippen LogP contribution in [0.1, 0.15) is 43.7 Å². The van der Waals surface area contributed by atoms with Crippen molar-refractivity contribution in [2.24, 2.45) is 5.92 Å². The molecule has 3 nitrogen and oxygen atoms in total. The Morgan fingerprint density at radius 3 is 2.90 bits per heavy atom. The van der Waals surface area contributed by atoms with Crippen molar-refractivity contribution in [2.45, 2.75) is 44.2 Å². The molecule has 0 bridgehead atoms. The quantitative estimate of drug-likeness (QED) is 0.881. The highest BCUT2D eigenvalue weighted by molar-refractivity contribution is 6.35. The minimum atomic E-state index is -0.128. The molecule has 1 aromatic carbocycles. The first-order chi connectivity index (χ1) is 10.1. The molecule has 1 saturated carbocycles. The first-order valence-electron chi connectivity index (χ1n) is 7.66. The van der Waals surface area contributed by atoms with Gasteiger partial charge >= 0.3 is 0 Å². The molecule has 0 aromatic heterocycles. The lowest BCUT2D eigenvalue weighted by Gasteiger charge is -2.31. The number of ether oxygens (including phenoxy) is 1. The maximum Gasteiger partial charge on any atom is 0.142 e. The Hall–Kier alpha value is -0.480. The highest BCUT2D eigenvalue weighted by atomic mass is 35.5. The monoisotopic (exact) mass is 329 g/mol. The largest absolute Gasteiger partial charge is 0.492 e. The lowest BCUT2D eigenvalue weighted by atomic mass is 9.87. The van der Waals surface area contributed by atoms with Crippen molar-refractivity contribution in [1.82, 2.24) is 5.32 Å². The molecule has 3 unspecified atom stereocenters. The summed E-state index contributed by atoms with van der Waals surface area (Å²) in [6.07, 6.45) is 4.95. The maximum atomic E-state index is 9.76. The molecule has 3 rings (SSSR count). The molecule has 0 amide bonds. The molecule has 116 valence electrons. The van der Waals surface area contributed by atoms with Gasteiger partial charge in [-0.3, -0.25) is 0 Å². The Kier molecular flexibility index (Phi) is 4.95. The van der Waals surface area contributed by atoms with E-state index >= 15 is 0 Å². The normalized spacial score (nSPS) is 28.8. The summed E-state index contributed by atoms with van der Waals surface area (Å²) in [7, 11) is 0. The van der Waals surface area contributed by atoms with E-state index in [1.807, 2.05) is 6.07 Å². The van der Waals surface area contributed by atoms with Crippen molar-refractivity contribution in [2.75, 3.05) is 13.2 Å². The van der Waals surface area contributed by atoms with Crippen molar-refractivity contribution >= 4 is 23.2 Å². The van der Waals surface area contributed by atoms with Gasteiger partial charge in [0.1, 0.15) is 5.75 Å². The minimum Gasteiger partial charge on any atom is -0.492 e. The fourth-order valence-corrected chi connectivity index (χ4v) is 3.96. The minimum absolute atomic E-state index is 0.128. The average molecular weight is 330 g/mol. The number of fused-ring (bicyclic) bond motifs is 1. The zero-order chi connectivity index (χ0) is 14.8. The van der Waals surface area contributed by atoms with E-state index in [-0.39, 0.29) is 12.1 Å². The molecule has 5 heteroatoms. The van der Waals surface area contributed by atoms with Crippen molar-refractivity contribution in [3.05, 3.63) is 27.7 Å². The van der Waals surface area contributed by atoms with Crippen LogP contribution in [0.3, 0.4) is 0 Å². The number of rotatable bonds is 3. The molecule has 2 N–H and O–H groups in total. The Morgan fingerprint density at radius 1 is 1.24 bits per heavy atom. The van der Waals surface area contributed by atoms with Gasteiger partial charge in [0.2, 0.25) is 0 Å². The van der Waals surface area contributed by atoms with Gasteiger partial charge in [0.05, 0.1) is 17.7 Å². The van der Waals surface area contributed by atoms with Gasteiger partial charge in [-0.25, -0.2) is 0 Å². The zero-order valence-corrected chi connectivity index (χ0v) is 13.5. The Labute approximate surface area is 135 Å². The number of aliphatic hydroxyl groups is 1. The van der Waals surface area contributed by atoms with Gasteiger partial charge in [0.25, 0.3) is 0 Å². The predicted octanol–water partition coefficient (Wildman–Crippen LogP) is 3.96. The highest BCUT2D eigenvalue weighted by Gasteiger charge is 2.26. The van der Waals surface area contributed by atoms with Crippen LogP contribution >= 0.6 is 23.2 Å². The molecule has 0 spiro atoms. The molecule has 1 heterocycles. The number of hydrogen-bond acceptors (Lipinski definition) is 3. The van der Waals surface area contributed by atoms with Crippen LogP contribution in [-0.4, -0.2) is 24.4 Å². The number of benzene rings is 1. The van der Waals surface area contributed by atoms with Gasteiger partial charge in [0.15, 0.2) is 0 Å². The predicted molar refractivity (Wildman–Crippen MR) is 85.3 cm³/mol. The van der Waals surface area contributed by atoms with Gasteiger partial charge in [-0.2, -0.15) is 0 Å². The first kappa shape index (κ1) is 15.4. The number of hydrogen-bond donors (Lipinski definition) is 2. The maximum absolute atomic E-state index is 9.76. The smallest absolute Gasteiger partial charge is 0.142 e. The van der Waals surface area contributed by atoms with Crippen LogP contribution < -0.4 is 10.1 Å². The summed E-state index contributed by atoms with van der Waals surface area (Å²) in [5.41, 5.74) is 1.05. The third-order valence-corrected chi connectivity index (χ3v) is 4.97. The Bertz CT molecular complexity index is 509. The number of halogens is 2. The van der Waals surface area contributed by atoms with E-state index in [2.05, 4.69) is 5.32 Å². The van der Waals surface area contributed by atoms with Crippen LogP contribution in [0.4, 0.5) is 0 Å². The SMILES string of the molecule is OC1CCCC(CNC2CCOc3c(Cl)cc(Cl)cc32)C1. The molecule has 1 aromatic rings. The fourth-order valence-electron chi connectivity index (χ4n) is 3.39. The van der Waals surface area contributed by atoms with Crippen molar-refractivity contribution < 1.29 is 9.84 Å².